The largest absolute Gasteiger partial charge is 0.293 e. The summed E-state index contributed by atoms with van der Waals surface area (Å²) in [5, 5.41) is 1.92. The molecule has 0 amide bonds. The number of fused-ring (bicyclic) bond motifs is 3. The summed E-state index contributed by atoms with van der Waals surface area (Å²) >= 11 is 8.82. The van der Waals surface area contributed by atoms with Crippen LogP contribution in [0.25, 0.3) is 10.2 Å². The zero-order valence-corrected chi connectivity index (χ0v) is 18.5. The second kappa shape index (κ2) is 8.46. The Morgan fingerprint density at radius 3 is 2.90 bits per heavy atom. The number of aromatic nitrogens is 2. The van der Waals surface area contributed by atoms with Crippen LogP contribution >= 0.6 is 34.7 Å². The van der Waals surface area contributed by atoms with Gasteiger partial charge in [-0.05, 0) is 55.0 Å². The SMILES string of the molecule is C=CCn1c(SCC(=O)c2ccc(Cl)cc2)nc2sc3c(c2c1=O)CCC(C)C3. The van der Waals surface area contributed by atoms with Crippen LogP contribution in [0.15, 0.2) is 46.9 Å². The summed E-state index contributed by atoms with van der Waals surface area (Å²) in [6.07, 6.45) is 4.74. The predicted octanol–water partition coefficient (Wildman–Crippen LogP) is 5.40. The van der Waals surface area contributed by atoms with Crippen molar-refractivity contribution in [1.82, 2.24) is 9.55 Å². The average Bonchev–Trinajstić information content (AvgIpc) is 3.06. The summed E-state index contributed by atoms with van der Waals surface area (Å²) in [4.78, 5) is 32.7. The van der Waals surface area contributed by atoms with Gasteiger partial charge in [0.2, 0.25) is 0 Å². The van der Waals surface area contributed by atoms with Crippen molar-refractivity contribution in [2.24, 2.45) is 5.92 Å². The highest BCUT2D eigenvalue weighted by molar-refractivity contribution is 7.99. The monoisotopic (exact) mass is 444 g/mol. The Bertz CT molecular complexity index is 1150. The lowest BCUT2D eigenvalue weighted by molar-refractivity contribution is 0.102. The smallest absolute Gasteiger partial charge is 0.263 e. The molecule has 0 radical (unpaired) electrons. The molecule has 0 aliphatic heterocycles. The van der Waals surface area contributed by atoms with Crippen molar-refractivity contribution >= 4 is 50.7 Å². The Labute approximate surface area is 182 Å². The maximum Gasteiger partial charge on any atom is 0.263 e. The van der Waals surface area contributed by atoms with Gasteiger partial charge >= 0.3 is 0 Å². The van der Waals surface area contributed by atoms with Gasteiger partial charge in [-0.1, -0.05) is 36.4 Å². The molecule has 0 saturated carbocycles. The van der Waals surface area contributed by atoms with E-state index in [0.717, 1.165) is 29.5 Å². The normalized spacial score (nSPS) is 16.0. The fourth-order valence-electron chi connectivity index (χ4n) is 3.65. The molecule has 0 fully saturated rings. The van der Waals surface area contributed by atoms with Crippen molar-refractivity contribution in [2.75, 3.05) is 5.75 Å². The van der Waals surface area contributed by atoms with Crippen LogP contribution in [-0.2, 0) is 19.4 Å². The molecule has 1 aromatic carbocycles. The summed E-state index contributed by atoms with van der Waals surface area (Å²) in [5.74, 6) is 0.820. The first-order chi connectivity index (χ1) is 14.0. The van der Waals surface area contributed by atoms with Gasteiger partial charge in [0, 0.05) is 22.0 Å². The van der Waals surface area contributed by atoms with E-state index in [1.807, 2.05) is 0 Å². The molecule has 3 aromatic rings. The molecule has 0 N–H and O–H groups in total. The minimum atomic E-state index is -0.0246. The number of aryl methyl sites for hydroxylation is 1. The van der Waals surface area contributed by atoms with E-state index in [2.05, 4.69) is 13.5 Å². The predicted molar refractivity (Wildman–Crippen MR) is 122 cm³/mol. The molecule has 7 heteroatoms. The number of thioether (sulfide) groups is 1. The third-order valence-corrected chi connectivity index (χ3v) is 7.57. The molecule has 1 unspecified atom stereocenters. The fraction of sp³-hybridized carbons (Fsp3) is 0.318. The first-order valence-corrected chi connectivity index (χ1v) is 11.7. The quantitative estimate of drug-likeness (QED) is 0.221. The number of benzene rings is 1. The zero-order valence-electron chi connectivity index (χ0n) is 16.1. The van der Waals surface area contributed by atoms with Crippen LogP contribution in [0.2, 0.25) is 5.02 Å². The van der Waals surface area contributed by atoms with Gasteiger partial charge in [0.15, 0.2) is 10.9 Å². The average molecular weight is 445 g/mol. The second-order valence-electron chi connectivity index (χ2n) is 7.35. The Hall–Kier alpha value is -1.89. The van der Waals surface area contributed by atoms with Gasteiger partial charge in [-0.3, -0.25) is 14.2 Å². The van der Waals surface area contributed by atoms with Gasteiger partial charge in [-0.15, -0.1) is 17.9 Å². The molecule has 0 saturated heterocycles. The van der Waals surface area contributed by atoms with Gasteiger partial charge in [-0.25, -0.2) is 4.98 Å². The lowest BCUT2D eigenvalue weighted by Crippen LogP contribution is -2.24. The van der Waals surface area contributed by atoms with Crippen LogP contribution in [0, 0.1) is 5.92 Å². The highest BCUT2D eigenvalue weighted by Crippen LogP contribution is 2.36. The Morgan fingerprint density at radius 1 is 1.41 bits per heavy atom. The number of ketones is 1. The van der Waals surface area contributed by atoms with Crippen molar-refractivity contribution in [3.05, 3.63) is 68.3 Å². The molecular formula is C22H21ClN2O2S2. The first kappa shape index (κ1) is 20.4. The van der Waals surface area contributed by atoms with Crippen molar-refractivity contribution in [3.63, 3.8) is 0 Å². The number of hydrogen-bond acceptors (Lipinski definition) is 5. The molecule has 1 aliphatic rings. The number of thiophene rings is 1. The fourth-order valence-corrected chi connectivity index (χ4v) is 6.11. The van der Waals surface area contributed by atoms with Crippen molar-refractivity contribution in [3.8, 4) is 0 Å². The first-order valence-electron chi connectivity index (χ1n) is 9.55. The number of rotatable bonds is 6. The highest BCUT2D eigenvalue weighted by Gasteiger charge is 2.24. The van der Waals surface area contributed by atoms with E-state index in [4.69, 9.17) is 16.6 Å². The molecule has 1 atom stereocenters. The van der Waals surface area contributed by atoms with Crippen LogP contribution in [-0.4, -0.2) is 21.1 Å². The number of nitrogens with zero attached hydrogens (tertiary/aromatic N) is 2. The van der Waals surface area contributed by atoms with Crippen LogP contribution in [0.3, 0.4) is 0 Å². The number of halogens is 1. The van der Waals surface area contributed by atoms with Crippen LogP contribution in [0.1, 0.15) is 34.1 Å². The van der Waals surface area contributed by atoms with E-state index in [1.54, 1.807) is 46.2 Å². The molecule has 29 heavy (non-hydrogen) atoms. The summed E-state index contributed by atoms with van der Waals surface area (Å²) in [5.41, 5.74) is 1.75. The summed E-state index contributed by atoms with van der Waals surface area (Å²) in [7, 11) is 0. The third-order valence-electron chi connectivity index (χ3n) is 5.19. The van der Waals surface area contributed by atoms with Gasteiger partial charge < -0.3 is 0 Å². The minimum Gasteiger partial charge on any atom is -0.293 e. The third kappa shape index (κ3) is 4.06. The second-order valence-corrected chi connectivity index (χ2v) is 9.81. The van der Waals surface area contributed by atoms with E-state index in [1.165, 1.54) is 22.2 Å². The summed E-state index contributed by atoms with van der Waals surface area (Å²) in [6.45, 7) is 6.41. The van der Waals surface area contributed by atoms with Crippen molar-refractivity contribution in [2.45, 2.75) is 37.9 Å². The van der Waals surface area contributed by atoms with Gasteiger partial charge in [0.25, 0.3) is 5.56 Å². The minimum absolute atomic E-state index is 0.0227. The Balaban J connectivity index is 1.68. The molecule has 0 spiro atoms. The standard InChI is InChI=1S/C22H21ClN2O2S2/c1-3-10-25-21(27)19-16-9-4-13(2)11-18(16)29-20(19)24-22(25)28-12-17(26)14-5-7-15(23)8-6-14/h3,5-8,13H,1,4,9-12H2,2H3. The maximum absolute atomic E-state index is 13.3. The van der Waals surface area contributed by atoms with Crippen LogP contribution in [0.5, 0.6) is 0 Å². The van der Waals surface area contributed by atoms with Crippen LogP contribution in [0.4, 0.5) is 0 Å². The van der Waals surface area contributed by atoms with E-state index in [0.29, 0.717) is 28.2 Å². The van der Waals surface area contributed by atoms with E-state index in [9.17, 15) is 9.59 Å². The molecule has 4 nitrogen and oxygen atoms in total. The number of hydrogen-bond donors (Lipinski definition) is 0. The number of carbonyl (C=O) groups is 1. The van der Waals surface area contributed by atoms with Gasteiger partial charge in [0.05, 0.1) is 11.1 Å². The van der Waals surface area contributed by atoms with E-state index in [-0.39, 0.29) is 17.1 Å². The van der Waals surface area contributed by atoms with Gasteiger partial charge in [-0.2, -0.15) is 0 Å². The van der Waals surface area contributed by atoms with E-state index < -0.39 is 0 Å². The summed E-state index contributed by atoms with van der Waals surface area (Å²) in [6, 6.07) is 6.84. The van der Waals surface area contributed by atoms with Gasteiger partial charge in [0.1, 0.15) is 4.83 Å². The number of Topliss-reactive ketones (excluding diaryl/α,β-unsaturated/α-hetero) is 1. The Kier molecular flexibility index (Phi) is 5.95. The molecule has 2 heterocycles. The molecule has 1 aliphatic carbocycles. The molecule has 2 aromatic heterocycles. The molecule has 4 rings (SSSR count). The highest BCUT2D eigenvalue weighted by atomic mass is 35.5. The Morgan fingerprint density at radius 2 is 2.17 bits per heavy atom. The number of allylic oxidation sites excluding steroid dienone is 1. The van der Waals surface area contributed by atoms with E-state index >= 15 is 0 Å². The maximum atomic E-state index is 13.3. The number of carbonyl (C=O) groups excluding carboxylic acids is 1. The lowest BCUT2D eigenvalue weighted by atomic mass is 9.89. The van der Waals surface area contributed by atoms with Crippen LogP contribution < -0.4 is 5.56 Å². The lowest BCUT2D eigenvalue weighted by Gasteiger charge is -2.17. The molecule has 0 bridgehead atoms. The molecular weight excluding hydrogens is 424 g/mol. The summed E-state index contributed by atoms with van der Waals surface area (Å²) < 4.78 is 1.64. The molecule has 150 valence electrons. The topological polar surface area (TPSA) is 52.0 Å². The van der Waals surface area contributed by atoms with Crippen molar-refractivity contribution in [1.29, 1.82) is 0 Å². The zero-order chi connectivity index (χ0) is 20.5. The van der Waals surface area contributed by atoms with Crippen molar-refractivity contribution < 1.29 is 4.79 Å².